The summed E-state index contributed by atoms with van der Waals surface area (Å²) in [5.41, 5.74) is 2.22. The molecule has 0 saturated carbocycles. The molecule has 0 spiro atoms. The summed E-state index contributed by atoms with van der Waals surface area (Å²) in [6.45, 7) is 5.01. The lowest BCUT2D eigenvalue weighted by molar-refractivity contribution is -0.120. The highest BCUT2D eigenvalue weighted by Gasteiger charge is 2.45. The standard InChI is InChI=1S/C18H24N2O3/c1-10-9-20(16-7-12(22-3)4-5-13(10)16)18(21)15-8-17-14(19-15)6-11(2)23-17/h4-5,7,10-11,14-15,17,19H,6,8-9H2,1-3H3/t10?,11-,14+,15-,17+/m0/s1. The van der Waals surface area contributed by atoms with Crippen molar-refractivity contribution in [1.29, 1.82) is 0 Å². The average Bonchev–Trinajstić information content (AvgIpc) is 3.17. The Morgan fingerprint density at radius 3 is 2.91 bits per heavy atom. The van der Waals surface area contributed by atoms with E-state index < -0.39 is 0 Å². The van der Waals surface area contributed by atoms with E-state index in [1.54, 1.807) is 7.11 Å². The predicted molar refractivity (Wildman–Crippen MR) is 88.0 cm³/mol. The van der Waals surface area contributed by atoms with Crippen LogP contribution < -0.4 is 15.0 Å². The molecule has 1 aromatic carbocycles. The Morgan fingerprint density at radius 2 is 2.17 bits per heavy atom. The summed E-state index contributed by atoms with van der Waals surface area (Å²) in [4.78, 5) is 15.0. The van der Waals surface area contributed by atoms with Crippen molar-refractivity contribution in [3.8, 4) is 5.75 Å². The van der Waals surface area contributed by atoms with Crippen LogP contribution in [0.2, 0.25) is 0 Å². The molecule has 3 aliphatic rings. The van der Waals surface area contributed by atoms with Crippen molar-refractivity contribution >= 4 is 11.6 Å². The third-order valence-electron chi connectivity index (χ3n) is 5.40. The number of rotatable bonds is 2. The molecule has 0 radical (unpaired) electrons. The second kappa shape index (κ2) is 5.49. The molecule has 5 atom stereocenters. The Morgan fingerprint density at radius 1 is 1.35 bits per heavy atom. The summed E-state index contributed by atoms with van der Waals surface area (Å²) in [7, 11) is 1.66. The van der Waals surface area contributed by atoms with Crippen molar-refractivity contribution in [3.05, 3.63) is 23.8 Å². The maximum Gasteiger partial charge on any atom is 0.244 e. The second-order valence-corrected chi connectivity index (χ2v) is 7.06. The molecule has 1 aromatic rings. The minimum Gasteiger partial charge on any atom is -0.497 e. The van der Waals surface area contributed by atoms with E-state index in [0.29, 0.717) is 18.1 Å². The van der Waals surface area contributed by atoms with E-state index in [4.69, 9.17) is 9.47 Å². The Labute approximate surface area is 136 Å². The highest BCUT2D eigenvalue weighted by Crippen LogP contribution is 2.39. The Bertz CT molecular complexity index is 619. The van der Waals surface area contributed by atoms with Crippen LogP contribution in [-0.4, -0.2) is 43.9 Å². The van der Waals surface area contributed by atoms with E-state index in [-0.39, 0.29) is 18.1 Å². The first-order valence-electron chi connectivity index (χ1n) is 8.47. The topological polar surface area (TPSA) is 50.8 Å². The molecule has 2 fully saturated rings. The summed E-state index contributed by atoms with van der Waals surface area (Å²) >= 11 is 0. The number of fused-ring (bicyclic) bond motifs is 2. The van der Waals surface area contributed by atoms with Crippen LogP contribution in [0.5, 0.6) is 5.75 Å². The van der Waals surface area contributed by atoms with Crippen LogP contribution in [0.15, 0.2) is 18.2 Å². The van der Waals surface area contributed by atoms with E-state index in [9.17, 15) is 4.79 Å². The predicted octanol–water partition coefficient (Wildman–Crippen LogP) is 2.05. The number of benzene rings is 1. The molecule has 0 aromatic heterocycles. The number of carbonyl (C=O) groups is 1. The SMILES string of the molecule is COc1ccc2c(c1)N(C(=O)[C@@H]1C[C@H]3O[C@@H](C)C[C@H]3N1)CC2C. The van der Waals surface area contributed by atoms with Crippen LogP contribution in [0.3, 0.4) is 0 Å². The summed E-state index contributed by atoms with van der Waals surface area (Å²) in [5.74, 6) is 1.32. The first kappa shape index (κ1) is 15.0. The number of carbonyl (C=O) groups excluding carboxylic acids is 1. The lowest BCUT2D eigenvalue weighted by atomic mass is 10.0. The maximum absolute atomic E-state index is 13.0. The van der Waals surface area contributed by atoms with Crippen molar-refractivity contribution in [2.24, 2.45) is 0 Å². The Balaban J connectivity index is 1.55. The first-order valence-corrected chi connectivity index (χ1v) is 8.47. The van der Waals surface area contributed by atoms with Crippen LogP contribution in [0, 0.1) is 0 Å². The lowest BCUT2D eigenvalue weighted by Gasteiger charge is -2.23. The van der Waals surface area contributed by atoms with Crippen LogP contribution in [0.1, 0.15) is 38.2 Å². The fourth-order valence-corrected chi connectivity index (χ4v) is 4.25. The maximum atomic E-state index is 13.0. The van der Waals surface area contributed by atoms with Gasteiger partial charge in [0.15, 0.2) is 0 Å². The van der Waals surface area contributed by atoms with E-state index in [2.05, 4.69) is 25.2 Å². The minimum absolute atomic E-state index is 0.137. The summed E-state index contributed by atoms with van der Waals surface area (Å²) < 4.78 is 11.2. The van der Waals surface area contributed by atoms with Crippen molar-refractivity contribution in [2.75, 3.05) is 18.6 Å². The molecule has 23 heavy (non-hydrogen) atoms. The summed E-state index contributed by atoms with van der Waals surface area (Å²) in [6, 6.07) is 6.21. The van der Waals surface area contributed by atoms with Gasteiger partial charge in [-0.25, -0.2) is 0 Å². The van der Waals surface area contributed by atoms with Crippen molar-refractivity contribution in [3.63, 3.8) is 0 Å². The van der Waals surface area contributed by atoms with Gasteiger partial charge in [0.05, 0.1) is 31.0 Å². The molecule has 5 nitrogen and oxygen atoms in total. The number of hydrogen-bond acceptors (Lipinski definition) is 4. The Hall–Kier alpha value is -1.59. The van der Waals surface area contributed by atoms with E-state index in [1.165, 1.54) is 5.56 Å². The van der Waals surface area contributed by atoms with Gasteiger partial charge in [0.25, 0.3) is 0 Å². The van der Waals surface area contributed by atoms with Gasteiger partial charge in [0.1, 0.15) is 5.75 Å². The number of amides is 1. The molecule has 3 heterocycles. The highest BCUT2D eigenvalue weighted by molar-refractivity contribution is 5.99. The summed E-state index contributed by atoms with van der Waals surface area (Å²) in [6.07, 6.45) is 2.25. The van der Waals surface area contributed by atoms with Gasteiger partial charge in [-0.05, 0) is 31.4 Å². The van der Waals surface area contributed by atoms with Gasteiger partial charge in [-0.15, -0.1) is 0 Å². The lowest BCUT2D eigenvalue weighted by Crippen LogP contribution is -2.45. The van der Waals surface area contributed by atoms with Gasteiger partial charge in [0, 0.05) is 24.6 Å². The number of anilines is 1. The zero-order chi connectivity index (χ0) is 16.1. The number of nitrogens with zero attached hydrogens (tertiary/aromatic N) is 1. The molecule has 0 aliphatic carbocycles. The zero-order valence-corrected chi connectivity index (χ0v) is 13.9. The van der Waals surface area contributed by atoms with Crippen LogP contribution in [0.4, 0.5) is 5.69 Å². The molecular formula is C18H24N2O3. The smallest absolute Gasteiger partial charge is 0.244 e. The molecular weight excluding hydrogens is 292 g/mol. The molecule has 1 amide bonds. The van der Waals surface area contributed by atoms with Crippen LogP contribution in [0.25, 0.3) is 0 Å². The molecule has 3 aliphatic heterocycles. The first-order chi connectivity index (χ1) is 11.1. The molecule has 2 saturated heterocycles. The number of nitrogens with one attached hydrogen (secondary N) is 1. The van der Waals surface area contributed by atoms with Crippen molar-refractivity contribution in [2.45, 2.75) is 56.9 Å². The normalized spacial score (nSPS) is 35.3. The number of ether oxygens (including phenoxy) is 2. The fourth-order valence-electron chi connectivity index (χ4n) is 4.25. The molecule has 0 bridgehead atoms. The van der Waals surface area contributed by atoms with Crippen molar-refractivity contribution in [1.82, 2.24) is 5.32 Å². The zero-order valence-electron chi connectivity index (χ0n) is 13.9. The largest absolute Gasteiger partial charge is 0.497 e. The third kappa shape index (κ3) is 2.42. The van der Waals surface area contributed by atoms with Crippen molar-refractivity contribution < 1.29 is 14.3 Å². The van der Waals surface area contributed by atoms with E-state index in [0.717, 1.165) is 30.8 Å². The molecule has 5 heteroatoms. The van der Waals surface area contributed by atoms with Gasteiger partial charge < -0.3 is 19.7 Å². The third-order valence-corrected chi connectivity index (χ3v) is 5.40. The molecule has 1 unspecified atom stereocenters. The second-order valence-electron chi connectivity index (χ2n) is 7.06. The molecule has 4 rings (SSSR count). The quantitative estimate of drug-likeness (QED) is 0.907. The average molecular weight is 316 g/mol. The Kier molecular flexibility index (Phi) is 3.58. The van der Waals surface area contributed by atoms with E-state index >= 15 is 0 Å². The van der Waals surface area contributed by atoms with Gasteiger partial charge in [-0.2, -0.15) is 0 Å². The van der Waals surface area contributed by atoms with Crippen LogP contribution >= 0.6 is 0 Å². The van der Waals surface area contributed by atoms with Gasteiger partial charge in [-0.1, -0.05) is 13.0 Å². The van der Waals surface area contributed by atoms with Gasteiger partial charge >= 0.3 is 0 Å². The van der Waals surface area contributed by atoms with Crippen LogP contribution in [-0.2, 0) is 9.53 Å². The number of hydrogen-bond donors (Lipinski definition) is 1. The fraction of sp³-hybridized carbons (Fsp3) is 0.611. The summed E-state index contributed by atoms with van der Waals surface area (Å²) in [5, 5.41) is 3.49. The molecule has 1 N–H and O–H groups in total. The van der Waals surface area contributed by atoms with Gasteiger partial charge in [0.2, 0.25) is 5.91 Å². The minimum atomic E-state index is -0.137. The van der Waals surface area contributed by atoms with Gasteiger partial charge in [-0.3, -0.25) is 4.79 Å². The number of methoxy groups -OCH3 is 1. The highest BCUT2D eigenvalue weighted by atomic mass is 16.5. The molecule has 124 valence electrons. The monoisotopic (exact) mass is 316 g/mol. The van der Waals surface area contributed by atoms with E-state index in [1.807, 2.05) is 17.0 Å².